The third-order valence-corrected chi connectivity index (χ3v) is 8.24. The molecule has 1 aliphatic rings. The number of carbonyl (C=O) groups is 2. The highest BCUT2D eigenvalue weighted by Gasteiger charge is 2.48. The molecule has 1 fully saturated rings. The van der Waals surface area contributed by atoms with Crippen LogP contribution in [0, 0.1) is 15.9 Å². The van der Waals surface area contributed by atoms with Crippen LogP contribution in [0.5, 0.6) is 0 Å². The van der Waals surface area contributed by atoms with Gasteiger partial charge in [-0.1, -0.05) is 46.8 Å². The fourth-order valence-electron chi connectivity index (χ4n) is 3.97. The van der Waals surface area contributed by atoms with E-state index >= 15 is 0 Å². The van der Waals surface area contributed by atoms with Gasteiger partial charge in [0.25, 0.3) is 11.5 Å². The van der Waals surface area contributed by atoms with Gasteiger partial charge >= 0.3 is 5.91 Å². The summed E-state index contributed by atoms with van der Waals surface area (Å²) in [6.07, 6.45) is 0. The quantitative estimate of drug-likeness (QED) is 0.0522. The van der Waals surface area contributed by atoms with Crippen LogP contribution < -0.4 is 4.90 Å². The van der Waals surface area contributed by atoms with Gasteiger partial charge in [0.15, 0.2) is 4.34 Å². The summed E-state index contributed by atoms with van der Waals surface area (Å²) in [5, 5.41) is 31.2. The highest BCUT2D eigenvalue weighted by atomic mass is 35.5. The summed E-state index contributed by atoms with van der Waals surface area (Å²) in [7, 11) is 0. The first-order valence-corrected chi connectivity index (χ1v) is 13.4. The second-order valence-electron chi connectivity index (χ2n) is 8.29. The number of rotatable bonds is 7. The Labute approximate surface area is 233 Å². The number of aromatic nitrogens is 2. The van der Waals surface area contributed by atoms with Gasteiger partial charge in [-0.2, -0.15) is 0 Å². The summed E-state index contributed by atoms with van der Waals surface area (Å²) in [5.74, 6) is -2.43. The van der Waals surface area contributed by atoms with Gasteiger partial charge in [-0.25, -0.2) is 4.39 Å². The summed E-state index contributed by atoms with van der Waals surface area (Å²) in [6, 6.07) is 16.2. The summed E-state index contributed by atoms with van der Waals surface area (Å²) in [5.41, 5.74) is 0.996. The van der Waals surface area contributed by atoms with Gasteiger partial charge in [-0.3, -0.25) is 24.6 Å². The zero-order chi connectivity index (χ0) is 27.7. The Balaban J connectivity index is 1.54. The average molecular weight is 583 g/mol. The van der Waals surface area contributed by atoms with E-state index in [9.17, 15) is 29.2 Å². The van der Waals surface area contributed by atoms with E-state index in [4.69, 9.17) is 11.6 Å². The van der Waals surface area contributed by atoms with Gasteiger partial charge in [-0.15, -0.1) is 10.2 Å². The van der Waals surface area contributed by atoms with Crippen LogP contribution in [0.15, 0.2) is 82.7 Å². The third-order valence-electron chi connectivity index (χ3n) is 5.86. The molecular weight excluding hydrogens is 567 g/mol. The van der Waals surface area contributed by atoms with Crippen molar-refractivity contribution in [3.63, 3.8) is 0 Å². The first-order chi connectivity index (χ1) is 18.7. The minimum Gasteiger partial charge on any atom is -0.507 e. The molecule has 9 nitrogen and oxygen atoms in total. The number of amides is 1. The van der Waals surface area contributed by atoms with E-state index in [2.05, 4.69) is 10.2 Å². The SMILES string of the molecule is O=C1C(=O)N(c2nnc(SCc3ccc(Cl)cc3)s2)C(c2ccc([N+](=O)[O-])cc2)/C1=C(/O)c1ccc(F)cc1. The number of hydrogen-bond acceptors (Lipinski definition) is 9. The van der Waals surface area contributed by atoms with Crippen LogP contribution in [0.3, 0.4) is 0 Å². The highest BCUT2D eigenvalue weighted by molar-refractivity contribution is 8.00. The molecule has 1 aliphatic heterocycles. The molecule has 196 valence electrons. The van der Waals surface area contributed by atoms with Gasteiger partial charge in [-0.05, 0) is 59.7 Å². The lowest BCUT2D eigenvalue weighted by molar-refractivity contribution is -0.384. The van der Waals surface area contributed by atoms with E-state index < -0.39 is 34.2 Å². The fourth-order valence-corrected chi connectivity index (χ4v) is 5.92. The van der Waals surface area contributed by atoms with Crippen molar-refractivity contribution in [2.45, 2.75) is 16.1 Å². The number of nitro benzene ring substituents is 1. The van der Waals surface area contributed by atoms with Crippen LogP contribution in [0.4, 0.5) is 15.2 Å². The first kappa shape index (κ1) is 26.5. The molecule has 1 aromatic heterocycles. The number of thioether (sulfide) groups is 1. The normalized spacial score (nSPS) is 16.6. The number of aliphatic hydroxyl groups is 1. The molecule has 1 N–H and O–H groups in total. The van der Waals surface area contributed by atoms with Crippen LogP contribution in [0.25, 0.3) is 5.76 Å². The van der Waals surface area contributed by atoms with Gasteiger partial charge < -0.3 is 5.11 Å². The smallest absolute Gasteiger partial charge is 0.301 e. The molecule has 0 radical (unpaired) electrons. The monoisotopic (exact) mass is 582 g/mol. The maximum absolute atomic E-state index is 13.5. The largest absolute Gasteiger partial charge is 0.507 e. The van der Waals surface area contributed by atoms with Crippen molar-refractivity contribution >= 4 is 63.0 Å². The van der Waals surface area contributed by atoms with Gasteiger partial charge in [0.05, 0.1) is 16.5 Å². The van der Waals surface area contributed by atoms with Crippen molar-refractivity contribution in [2.24, 2.45) is 0 Å². The number of anilines is 1. The molecule has 1 atom stereocenters. The first-order valence-electron chi connectivity index (χ1n) is 11.2. The topological polar surface area (TPSA) is 127 Å². The van der Waals surface area contributed by atoms with E-state index in [0.29, 0.717) is 20.7 Å². The molecule has 1 unspecified atom stereocenters. The zero-order valence-corrected chi connectivity index (χ0v) is 22.0. The molecule has 39 heavy (non-hydrogen) atoms. The van der Waals surface area contributed by atoms with Crippen molar-refractivity contribution < 1.29 is 24.0 Å². The molecule has 13 heteroatoms. The van der Waals surface area contributed by atoms with Gasteiger partial charge in [0, 0.05) is 28.5 Å². The number of nitro groups is 1. The Kier molecular flexibility index (Phi) is 7.42. The van der Waals surface area contributed by atoms with Crippen molar-refractivity contribution in [3.05, 3.63) is 116 Å². The molecule has 3 aromatic carbocycles. The number of non-ortho nitro benzene ring substituents is 1. The van der Waals surface area contributed by atoms with Crippen molar-refractivity contribution in [3.8, 4) is 0 Å². The molecule has 0 bridgehead atoms. The fraction of sp³-hybridized carbons (Fsp3) is 0.0769. The molecule has 0 spiro atoms. The van der Waals surface area contributed by atoms with Gasteiger partial charge in [0.2, 0.25) is 5.13 Å². The lowest BCUT2D eigenvalue weighted by atomic mass is 9.95. The van der Waals surface area contributed by atoms with Crippen molar-refractivity contribution in [1.29, 1.82) is 0 Å². The lowest BCUT2D eigenvalue weighted by Gasteiger charge is -2.22. The zero-order valence-electron chi connectivity index (χ0n) is 19.7. The predicted octanol–water partition coefficient (Wildman–Crippen LogP) is 6.16. The van der Waals surface area contributed by atoms with Crippen LogP contribution in [-0.2, 0) is 15.3 Å². The highest BCUT2D eigenvalue weighted by Crippen LogP contribution is 2.44. The second kappa shape index (κ2) is 10.9. The van der Waals surface area contributed by atoms with E-state index in [-0.39, 0.29) is 22.0 Å². The molecule has 0 aliphatic carbocycles. The molecule has 2 heterocycles. The van der Waals surface area contributed by atoms with Crippen LogP contribution in [0.1, 0.15) is 22.7 Å². The second-order valence-corrected chi connectivity index (χ2v) is 10.9. The van der Waals surface area contributed by atoms with Crippen LogP contribution >= 0.6 is 34.7 Å². The summed E-state index contributed by atoms with van der Waals surface area (Å²) < 4.78 is 14.0. The van der Waals surface area contributed by atoms with E-state index in [1.54, 1.807) is 12.1 Å². The van der Waals surface area contributed by atoms with Crippen molar-refractivity contribution in [2.75, 3.05) is 4.90 Å². The average Bonchev–Trinajstić information content (AvgIpc) is 3.50. The Morgan fingerprint density at radius 1 is 1.05 bits per heavy atom. The maximum atomic E-state index is 13.5. The minimum atomic E-state index is -1.15. The molecule has 1 saturated heterocycles. The van der Waals surface area contributed by atoms with Crippen molar-refractivity contribution in [1.82, 2.24) is 10.2 Å². The minimum absolute atomic E-state index is 0.109. The molecular formula is C26H16ClFN4O5S2. The molecule has 0 saturated carbocycles. The Hall–Kier alpha value is -4.13. The molecule has 5 rings (SSSR count). The van der Waals surface area contributed by atoms with Crippen LogP contribution in [-0.4, -0.2) is 31.9 Å². The number of carbonyl (C=O) groups excluding carboxylic acids is 2. The number of aliphatic hydroxyl groups excluding tert-OH is 1. The van der Waals surface area contributed by atoms with E-state index in [0.717, 1.165) is 33.9 Å². The number of nitrogens with zero attached hydrogens (tertiary/aromatic N) is 4. The summed E-state index contributed by atoms with van der Waals surface area (Å²) in [6.45, 7) is 0. The molecule has 4 aromatic rings. The predicted molar refractivity (Wildman–Crippen MR) is 145 cm³/mol. The Morgan fingerprint density at radius 2 is 1.72 bits per heavy atom. The Morgan fingerprint density at radius 3 is 2.36 bits per heavy atom. The third kappa shape index (κ3) is 5.39. The van der Waals surface area contributed by atoms with E-state index in [1.807, 2.05) is 12.1 Å². The standard InChI is InChI=1S/C26H16ClFN4O5S2/c27-17-7-1-14(2-8-17)13-38-26-30-29-25(39-26)31-21(15-5-11-19(12-6-15)32(36)37)20(23(34)24(31)35)22(33)16-3-9-18(28)10-4-16/h1-12,21,33H,13H2/b22-20-. The lowest BCUT2D eigenvalue weighted by Crippen LogP contribution is -2.29. The molecule has 1 amide bonds. The number of benzene rings is 3. The van der Waals surface area contributed by atoms with E-state index in [1.165, 1.54) is 48.2 Å². The number of hydrogen-bond donors (Lipinski definition) is 1. The summed E-state index contributed by atoms with van der Waals surface area (Å²) in [4.78, 5) is 38.2. The van der Waals surface area contributed by atoms with Crippen LogP contribution in [0.2, 0.25) is 5.02 Å². The van der Waals surface area contributed by atoms with Gasteiger partial charge in [0.1, 0.15) is 11.6 Å². The summed E-state index contributed by atoms with van der Waals surface area (Å²) >= 11 is 8.39. The maximum Gasteiger partial charge on any atom is 0.301 e. The number of halogens is 2. The number of Topliss-reactive ketones (excluding diaryl/α,β-unsaturated/α-hetero) is 1. The Bertz CT molecular complexity index is 1610. The number of ketones is 1.